The molecule has 0 heterocycles. The zero-order valence-corrected chi connectivity index (χ0v) is 7.97. The van der Waals surface area contributed by atoms with Gasteiger partial charge in [0.1, 0.15) is 5.75 Å². The van der Waals surface area contributed by atoms with E-state index in [-0.39, 0.29) is 0 Å². The molecule has 0 saturated heterocycles. The van der Waals surface area contributed by atoms with Gasteiger partial charge in [0.25, 0.3) is 0 Å². The van der Waals surface area contributed by atoms with Gasteiger partial charge in [-0.3, -0.25) is 0 Å². The monoisotopic (exact) mass is 180 g/mol. The molecule has 0 unspecified atom stereocenters. The molecule has 0 aliphatic carbocycles. The quantitative estimate of drug-likeness (QED) is 0.556. The van der Waals surface area contributed by atoms with Crippen molar-refractivity contribution < 1.29 is 4.74 Å². The Morgan fingerprint density at radius 3 is 2.92 bits per heavy atom. The summed E-state index contributed by atoms with van der Waals surface area (Å²) >= 11 is 4.24. The normalized spacial score (nSPS) is 9.50. The highest BCUT2D eigenvalue weighted by molar-refractivity contribution is 7.80. The van der Waals surface area contributed by atoms with Crippen molar-refractivity contribution in [3.05, 3.63) is 36.4 Å². The van der Waals surface area contributed by atoms with Crippen LogP contribution in [0.25, 0.3) is 0 Å². The highest BCUT2D eigenvalue weighted by atomic mass is 32.1. The van der Waals surface area contributed by atoms with Crippen molar-refractivity contribution in [3.63, 3.8) is 0 Å². The Labute approximate surface area is 78.5 Å². The molecule has 0 aromatic heterocycles. The maximum atomic E-state index is 5.12. The molecule has 0 fully saturated rings. The van der Waals surface area contributed by atoms with Crippen molar-refractivity contribution in [2.24, 2.45) is 0 Å². The summed E-state index contributed by atoms with van der Waals surface area (Å²) in [7, 11) is 1.65. The van der Waals surface area contributed by atoms with Crippen LogP contribution in [0.5, 0.6) is 5.75 Å². The zero-order chi connectivity index (χ0) is 8.97. The molecule has 0 spiro atoms. The summed E-state index contributed by atoms with van der Waals surface area (Å²) in [4.78, 5) is 0.866. The minimum atomic E-state index is 0.817. The van der Waals surface area contributed by atoms with Crippen molar-refractivity contribution >= 4 is 12.6 Å². The van der Waals surface area contributed by atoms with E-state index in [2.05, 4.69) is 19.2 Å². The van der Waals surface area contributed by atoms with E-state index in [0.717, 1.165) is 17.1 Å². The van der Waals surface area contributed by atoms with E-state index < -0.39 is 0 Å². The van der Waals surface area contributed by atoms with Gasteiger partial charge in [0.05, 0.1) is 7.11 Å². The second-order valence-electron chi connectivity index (χ2n) is 2.50. The maximum Gasteiger partial charge on any atom is 0.132 e. The minimum Gasteiger partial charge on any atom is -0.496 e. The number of benzene rings is 1. The molecule has 0 radical (unpaired) electrons. The fourth-order valence-corrected chi connectivity index (χ4v) is 1.25. The van der Waals surface area contributed by atoms with E-state index in [1.54, 1.807) is 7.11 Å². The van der Waals surface area contributed by atoms with Crippen LogP contribution in [0.3, 0.4) is 0 Å². The Balaban J connectivity index is 2.96. The number of methoxy groups -OCH3 is 1. The molecule has 1 rings (SSSR count). The van der Waals surface area contributed by atoms with Crippen molar-refractivity contribution in [3.8, 4) is 5.75 Å². The molecule has 1 nitrogen and oxygen atoms in total. The van der Waals surface area contributed by atoms with Gasteiger partial charge in [0, 0.05) is 4.90 Å². The van der Waals surface area contributed by atoms with Crippen LogP contribution in [0, 0.1) is 0 Å². The molecular formula is C10H12OS. The predicted molar refractivity (Wildman–Crippen MR) is 54.1 cm³/mol. The lowest BCUT2D eigenvalue weighted by Gasteiger charge is -2.04. The summed E-state index contributed by atoms with van der Waals surface area (Å²) in [6.45, 7) is 3.67. The van der Waals surface area contributed by atoms with Gasteiger partial charge in [-0.25, -0.2) is 0 Å². The average Bonchev–Trinajstić information content (AvgIpc) is 2.09. The van der Waals surface area contributed by atoms with E-state index in [1.165, 1.54) is 5.56 Å². The van der Waals surface area contributed by atoms with Gasteiger partial charge < -0.3 is 4.74 Å². The lowest BCUT2D eigenvalue weighted by molar-refractivity contribution is 0.404. The Kier molecular flexibility index (Phi) is 3.23. The molecule has 2 heteroatoms. The molecule has 0 amide bonds. The smallest absolute Gasteiger partial charge is 0.132 e. The van der Waals surface area contributed by atoms with Gasteiger partial charge >= 0.3 is 0 Å². The first kappa shape index (κ1) is 9.20. The SMILES string of the molecule is C=CCc1ccc(S)c(OC)c1. The Morgan fingerprint density at radius 1 is 1.58 bits per heavy atom. The fourth-order valence-electron chi connectivity index (χ4n) is 1.02. The third kappa shape index (κ3) is 2.05. The molecule has 64 valence electrons. The van der Waals surface area contributed by atoms with E-state index in [9.17, 15) is 0 Å². The van der Waals surface area contributed by atoms with Crippen molar-refractivity contribution in [1.29, 1.82) is 0 Å². The summed E-state index contributed by atoms with van der Waals surface area (Å²) in [6, 6.07) is 5.93. The minimum absolute atomic E-state index is 0.817. The lowest BCUT2D eigenvalue weighted by atomic mass is 10.1. The third-order valence-corrected chi connectivity index (χ3v) is 1.99. The van der Waals surface area contributed by atoms with E-state index in [1.807, 2.05) is 24.3 Å². The second kappa shape index (κ2) is 4.21. The van der Waals surface area contributed by atoms with Crippen molar-refractivity contribution in [1.82, 2.24) is 0 Å². The topological polar surface area (TPSA) is 9.23 Å². The summed E-state index contributed by atoms with van der Waals surface area (Å²) in [5, 5.41) is 0. The van der Waals surface area contributed by atoms with Gasteiger partial charge in [-0.15, -0.1) is 19.2 Å². The van der Waals surface area contributed by atoms with Crippen LogP contribution < -0.4 is 4.74 Å². The highest BCUT2D eigenvalue weighted by Gasteiger charge is 1.98. The number of thiol groups is 1. The zero-order valence-electron chi connectivity index (χ0n) is 7.08. The molecule has 0 saturated carbocycles. The Morgan fingerprint density at radius 2 is 2.33 bits per heavy atom. The van der Waals surface area contributed by atoms with Crippen LogP contribution in [0.4, 0.5) is 0 Å². The van der Waals surface area contributed by atoms with Gasteiger partial charge in [-0.05, 0) is 24.1 Å². The predicted octanol–water partition coefficient (Wildman–Crippen LogP) is 2.71. The standard InChI is InChI=1S/C10H12OS/c1-3-4-8-5-6-10(12)9(7-8)11-2/h3,5-7,12H,1,4H2,2H3. The summed E-state index contributed by atoms with van der Waals surface area (Å²) in [5.74, 6) is 0.817. The molecule has 12 heavy (non-hydrogen) atoms. The largest absolute Gasteiger partial charge is 0.496 e. The number of rotatable bonds is 3. The molecule has 1 aromatic carbocycles. The second-order valence-corrected chi connectivity index (χ2v) is 2.98. The molecule has 0 aliphatic rings. The summed E-state index contributed by atoms with van der Waals surface area (Å²) in [5.41, 5.74) is 1.19. The van der Waals surface area contributed by atoms with Crippen molar-refractivity contribution in [2.45, 2.75) is 11.3 Å². The molecule has 0 N–H and O–H groups in total. The van der Waals surface area contributed by atoms with Gasteiger partial charge in [-0.1, -0.05) is 12.1 Å². The van der Waals surface area contributed by atoms with Crippen molar-refractivity contribution in [2.75, 3.05) is 7.11 Å². The first-order valence-corrected chi connectivity index (χ1v) is 4.19. The van der Waals surface area contributed by atoms with Crippen LogP contribution >= 0.6 is 12.6 Å². The number of allylic oxidation sites excluding steroid dienone is 1. The van der Waals surface area contributed by atoms with Gasteiger partial charge in [-0.2, -0.15) is 0 Å². The van der Waals surface area contributed by atoms with Crippen LogP contribution in [0.2, 0.25) is 0 Å². The lowest BCUT2D eigenvalue weighted by Crippen LogP contribution is -1.87. The fraction of sp³-hybridized carbons (Fsp3) is 0.200. The molecule has 1 aromatic rings. The first-order valence-electron chi connectivity index (χ1n) is 3.74. The van der Waals surface area contributed by atoms with Gasteiger partial charge in [0.2, 0.25) is 0 Å². The first-order chi connectivity index (χ1) is 5.77. The molecular weight excluding hydrogens is 168 g/mol. The van der Waals surface area contributed by atoms with Crippen LogP contribution in [-0.4, -0.2) is 7.11 Å². The highest BCUT2D eigenvalue weighted by Crippen LogP contribution is 2.23. The number of ether oxygens (including phenoxy) is 1. The molecule has 0 bridgehead atoms. The molecule has 0 atom stereocenters. The Bertz CT molecular complexity index is 281. The third-order valence-electron chi connectivity index (χ3n) is 1.62. The maximum absolute atomic E-state index is 5.12. The number of hydrogen-bond donors (Lipinski definition) is 1. The van der Waals surface area contributed by atoms with E-state index in [0.29, 0.717) is 0 Å². The van der Waals surface area contributed by atoms with Crippen LogP contribution in [0.1, 0.15) is 5.56 Å². The summed E-state index contributed by atoms with van der Waals surface area (Å²) < 4.78 is 5.12. The van der Waals surface area contributed by atoms with Crippen LogP contribution in [0.15, 0.2) is 35.7 Å². The van der Waals surface area contributed by atoms with Crippen LogP contribution in [-0.2, 0) is 6.42 Å². The summed E-state index contributed by atoms with van der Waals surface area (Å²) in [6.07, 6.45) is 2.73. The van der Waals surface area contributed by atoms with E-state index >= 15 is 0 Å². The van der Waals surface area contributed by atoms with E-state index in [4.69, 9.17) is 4.74 Å². The average molecular weight is 180 g/mol. The molecule has 0 aliphatic heterocycles. The number of hydrogen-bond acceptors (Lipinski definition) is 2. The van der Waals surface area contributed by atoms with Gasteiger partial charge in [0.15, 0.2) is 0 Å². The Hall–Kier alpha value is -0.890.